The van der Waals surface area contributed by atoms with E-state index >= 15 is 0 Å². The predicted octanol–water partition coefficient (Wildman–Crippen LogP) is 5.27. The third-order valence-corrected chi connectivity index (χ3v) is 7.02. The minimum absolute atomic E-state index is 0.0925. The first-order valence-corrected chi connectivity index (χ1v) is 11.4. The maximum Gasteiger partial charge on any atom is 0.263 e. The van der Waals surface area contributed by atoms with Gasteiger partial charge in [-0.05, 0) is 44.9 Å². The van der Waals surface area contributed by atoms with Gasteiger partial charge in [0.15, 0.2) is 5.16 Å². The highest BCUT2D eigenvalue weighted by atomic mass is 32.2. The van der Waals surface area contributed by atoms with Crippen molar-refractivity contribution in [3.63, 3.8) is 0 Å². The van der Waals surface area contributed by atoms with Crippen molar-refractivity contribution in [3.05, 3.63) is 50.6 Å². The summed E-state index contributed by atoms with van der Waals surface area (Å²) in [5, 5.41) is 2.92. The number of hydrogen-bond donors (Lipinski definition) is 1. The summed E-state index contributed by atoms with van der Waals surface area (Å²) < 4.78 is 28.6. The zero-order valence-corrected chi connectivity index (χ0v) is 18.8. The molecule has 0 saturated carbocycles. The molecule has 0 saturated heterocycles. The summed E-state index contributed by atoms with van der Waals surface area (Å²) in [6.07, 6.45) is 1.72. The molecule has 0 aliphatic carbocycles. The second kappa shape index (κ2) is 9.26. The fourth-order valence-corrected chi connectivity index (χ4v) is 4.95. The number of rotatable bonds is 7. The topological polar surface area (TPSA) is 64.0 Å². The lowest BCUT2D eigenvalue weighted by molar-refractivity contribution is -0.115. The van der Waals surface area contributed by atoms with Crippen LogP contribution in [-0.4, -0.2) is 20.7 Å². The minimum atomic E-state index is -0.843. The number of carbonyl (C=O) groups excluding carboxylic acids is 1. The summed E-state index contributed by atoms with van der Waals surface area (Å²) in [5.74, 6) is -2.02. The molecule has 160 valence electrons. The second-order valence-electron chi connectivity index (χ2n) is 7.04. The van der Waals surface area contributed by atoms with Crippen molar-refractivity contribution in [3.8, 4) is 0 Å². The number of thioether (sulfide) groups is 1. The third kappa shape index (κ3) is 4.57. The molecule has 2 heterocycles. The van der Waals surface area contributed by atoms with Crippen molar-refractivity contribution < 1.29 is 13.6 Å². The number of nitrogens with zero attached hydrogens (tertiary/aromatic N) is 2. The molecule has 3 rings (SSSR count). The van der Waals surface area contributed by atoms with Crippen LogP contribution in [0.25, 0.3) is 10.2 Å². The highest BCUT2D eigenvalue weighted by Gasteiger charge is 2.22. The fraction of sp³-hybridized carbons (Fsp3) is 0.381. The number of amides is 1. The first-order chi connectivity index (χ1) is 14.2. The molecule has 3 aromatic rings. The number of thiophene rings is 1. The van der Waals surface area contributed by atoms with E-state index in [1.54, 1.807) is 11.5 Å². The average Bonchev–Trinajstić information content (AvgIpc) is 2.97. The monoisotopic (exact) mass is 451 g/mol. The van der Waals surface area contributed by atoms with Gasteiger partial charge >= 0.3 is 0 Å². The van der Waals surface area contributed by atoms with Crippen LogP contribution in [0.4, 0.5) is 14.5 Å². The van der Waals surface area contributed by atoms with Crippen LogP contribution < -0.4 is 10.9 Å². The van der Waals surface area contributed by atoms with E-state index in [1.807, 2.05) is 20.8 Å². The van der Waals surface area contributed by atoms with Crippen LogP contribution in [0.5, 0.6) is 0 Å². The number of benzene rings is 1. The Kier molecular flexibility index (Phi) is 6.92. The van der Waals surface area contributed by atoms with Gasteiger partial charge in [-0.3, -0.25) is 14.2 Å². The van der Waals surface area contributed by atoms with Crippen LogP contribution in [0.15, 0.2) is 28.2 Å². The maximum atomic E-state index is 13.9. The lowest BCUT2D eigenvalue weighted by Crippen LogP contribution is -2.27. The number of anilines is 1. The molecule has 1 aromatic carbocycles. The molecule has 0 aliphatic rings. The maximum absolute atomic E-state index is 13.9. The molecular formula is C21H23F2N3O2S2. The van der Waals surface area contributed by atoms with E-state index in [4.69, 9.17) is 0 Å². The summed E-state index contributed by atoms with van der Waals surface area (Å²) in [6, 6.07) is 2.97. The molecule has 1 N–H and O–H groups in total. The van der Waals surface area contributed by atoms with E-state index in [9.17, 15) is 18.4 Å². The minimum Gasteiger partial charge on any atom is -0.323 e. The lowest BCUT2D eigenvalue weighted by Gasteiger charge is -2.16. The van der Waals surface area contributed by atoms with Gasteiger partial charge in [0.2, 0.25) is 5.91 Å². The van der Waals surface area contributed by atoms with Crippen LogP contribution in [0.3, 0.4) is 0 Å². The SMILES string of the molecule is CCCCn1c(SC(C)C(=O)Nc2ccc(F)cc2F)nc2sc(C)c(C)c2c1=O. The largest absolute Gasteiger partial charge is 0.323 e. The van der Waals surface area contributed by atoms with Crippen LogP contribution in [0, 0.1) is 25.5 Å². The van der Waals surface area contributed by atoms with Crippen LogP contribution in [-0.2, 0) is 11.3 Å². The quantitative estimate of drug-likeness (QED) is 0.393. The Labute approximate surface area is 181 Å². The molecule has 0 spiro atoms. The number of unbranched alkanes of at least 4 members (excludes halogenated alkanes) is 1. The molecule has 0 bridgehead atoms. The molecule has 5 nitrogen and oxygen atoms in total. The summed E-state index contributed by atoms with van der Waals surface area (Å²) in [5.41, 5.74) is 0.743. The molecular weight excluding hydrogens is 428 g/mol. The summed E-state index contributed by atoms with van der Waals surface area (Å²) in [6.45, 7) is 8.08. The highest BCUT2D eigenvalue weighted by molar-refractivity contribution is 8.00. The number of nitrogens with one attached hydrogen (secondary N) is 1. The predicted molar refractivity (Wildman–Crippen MR) is 119 cm³/mol. The number of fused-ring (bicyclic) bond motifs is 1. The van der Waals surface area contributed by atoms with E-state index in [1.165, 1.54) is 17.4 Å². The van der Waals surface area contributed by atoms with Gasteiger partial charge in [0.1, 0.15) is 16.5 Å². The Hall–Kier alpha value is -2.26. The van der Waals surface area contributed by atoms with Crippen LogP contribution in [0.1, 0.15) is 37.1 Å². The van der Waals surface area contributed by atoms with E-state index in [-0.39, 0.29) is 11.2 Å². The van der Waals surface area contributed by atoms with Crippen LogP contribution >= 0.6 is 23.1 Å². The van der Waals surface area contributed by atoms with Gasteiger partial charge in [-0.2, -0.15) is 0 Å². The first-order valence-electron chi connectivity index (χ1n) is 9.66. The van der Waals surface area contributed by atoms with Gasteiger partial charge in [-0.1, -0.05) is 25.1 Å². The number of aromatic nitrogens is 2. The van der Waals surface area contributed by atoms with E-state index < -0.39 is 22.8 Å². The van der Waals surface area contributed by atoms with Crippen molar-refractivity contribution in [2.24, 2.45) is 0 Å². The van der Waals surface area contributed by atoms with Gasteiger partial charge < -0.3 is 5.32 Å². The molecule has 0 fully saturated rings. The molecule has 9 heteroatoms. The van der Waals surface area contributed by atoms with Crippen LogP contribution in [0.2, 0.25) is 0 Å². The van der Waals surface area contributed by atoms with Gasteiger partial charge in [0, 0.05) is 17.5 Å². The zero-order valence-electron chi connectivity index (χ0n) is 17.2. The van der Waals surface area contributed by atoms with E-state index in [0.717, 1.165) is 41.1 Å². The number of hydrogen-bond acceptors (Lipinski definition) is 5. The molecule has 2 aromatic heterocycles. The second-order valence-corrected chi connectivity index (χ2v) is 9.55. The molecule has 1 atom stereocenters. The van der Waals surface area contributed by atoms with Crippen molar-refractivity contribution >= 4 is 44.9 Å². The summed E-state index contributed by atoms with van der Waals surface area (Å²) >= 11 is 2.61. The Morgan fingerprint density at radius 3 is 2.73 bits per heavy atom. The van der Waals surface area contributed by atoms with E-state index in [2.05, 4.69) is 10.3 Å². The van der Waals surface area contributed by atoms with E-state index in [0.29, 0.717) is 28.0 Å². The lowest BCUT2D eigenvalue weighted by atomic mass is 10.2. The Balaban J connectivity index is 1.91. The first kappa shape index (κ1) is 22.4. The Morgan fingerprint density at radius 1 is 1.33 bits per heavy atom. The van der Waals surface area contributed by atoms with Gasteiger partial charge in [0.05, 0.1) is 16.3 Å². The summed E-state index contributed by atoms with van der Waals surface area (Å²) in [4.78, 5) is 32.1. The number of carbonyl (C=O) groups is 1. The number of halogens is 2. The normalized spacial score (nSPS) is 12.3. The Morgan fingerprint density at radius 2 is 2.07 bits per heavy atom. The molecule has 1 unspecified atom stereocenters. The molecule has 1 amide bonds. The highest BCUT2D eigenvalue weighted by Crippen LogP contribution is 2.30. The van der Waals surface area contributed by atoms with Crippen molar-refractivity contribution in [2.45, 2.75) is 57.5 Å². The van der Waals surface area contributed by atoms with Crippen molar-refractivity contribution in [2.75, 3.05) is 5.32 Å². The van der Waals surface area contributed by atoms with Crippen molar-refractivity contribution in [1.82, 2.24) is 9.55 Å². The average molecular weight is 452 g/mol. The number of aryl methyl sites for hydroxylation is 2. The van der Waals surface area contributed by atoms with Crippen molar-refractivity contribution in [1.29, 1.82) is 0 Å². The molecule has 0 aliphatic heterocycles. The summed E-state index contributed by atoms with van der Waals surface area (Å²) in [7, 11) is 0. The fourth-order valence-electron chi connectivity index (χ4n) is 2.95. The van der Waals surface area contributed by atoms with Gasteiger partial charge in [-0.15, -0.1) is 11.3 Å². The molecule has 0 radical (unpaired) electrons. The smallest absolute Gasteiger partial charge is 0.263 e. The van der Waals surface area contributed by atoms with Gasteiger partial charge in [-0.25, -0.2) is 13.8 Å². The zero-order chi connectivity index (χ0) is 22.0. The van der Waals surface area contributed by atoms with Gasteiger partial charge in [0.25, 0.3) is 5.56 Å². The third-order valence-electron chi connectivity index (χ3n) is 4.83. The standard InChI is InChI=1S/C21H23F2N3O2S2/c1-5-6-9-26-20(28)17-11(2)12(3)29-19(17)25-21(26)30-13(4)18(27)24-16-8-7-14(22)10-15(16)23/h7-8,10,13H,5-6,9H2,1-4H3,(H,24,27). The molecule has 30 heavy (non-hydrogen) atoms. The Bertz CT molecular complexity index is 1160.